The smallest absolute Gasteiger partial charge is 0.0643 e. The van der Waals surface area contributed by atoms with Gasteiger partial charge in [0.15, 0.2) is 0 Å². The Kier molecular flexibility index (Phi) is 4.70. The highest BCUT2D eigenvalue weighted by atomic mass is 16.5. The molecule has 1 atom stereocenters. The van der Waals surface area contributed by atoms with Crippen LogP contribution in [0.25, 0.3) is 0 Å². The Morgan fingerprint density at radius 3 is 2.38 bits per heavy atom. The zero-order chi connectivity index (χ0) is 9.68. The van der Waals surface area contributed by atoms with Gasteiger partial charge >= 0.3 is 0 Å². The molecule has 0 unspecified atom stereocenters. The van der Waals surface area contributed by atoms with Crippen LogP contribution >= 0.6 is 0 Å². The summed E-state index contributed by atoms with van der Waals surface area (Å²) in [5.74, 6) is 0.735. The Bertz CT molecular complexity index is 135. The van der Waals surface area contributed by atoms with Crippen LogP contribution in [-0.2, 0) is 4.74 Å². The van der Waals surface area contributed by atoms with E-state index >= 15 is 0 Å². The fourth-order valence-electron chi connectivity index (χ4n) is 1.38. The van der Waals surface area contributed by atoms with Crippen molar-refractivity contribution < 1.29 is 4.74 Å². The fraction of sp³-hybridized carbons (Fsp3) is 1.00. The molecular weight excluding hydrogens is 164 g/mol. The maximum Gasteiger partial charge on any atom is 0.0643 e. The first-order chi connectivity index (χ1) is 6.18. The van der Waals surface area contributed by atoms with Gasteiger partial charge in [-0.25, -0.2) is 0 Å². The van der Waals surface area contributed by atoms with Gasteiger partial charge in [0, 0.05) is 12.6 Å². The summed E-state index contributed by atoms with van der Waals surface area (Å²) in [6, 6.07) is 1.14. The van der Waals surface area contributed by atoms with Crippen molar-refractivity contribution in [3.8, 4) is 0 Å². The number of hydrogen-bond donors (Lipinski definition) is 2. The lowest BCUT2D eigenvalue weighted by Gasteiger charge is -2.30. The molecule has 0 amide bonds. The molecule has 3 heteroatoms. The van der Waals surface area contributed by atoms with Gasteiger partial charge < -0.3 is 15.4 Å². The first-order valence-electron chi connectivity index (χ1n) is 5.23. The van der Waals surface area contributed by atoms with Gasteiger partial charge in [-0.1, -0.05) is 13.8 Å². The van der Waals surface area contributed by atoms with E-state index in [-0.39, 0.29) is 0 Å². The van der Waals surface area contributed by atoms with Crippen LogP contribution in [0.1, 0.15) is 20.8 Å². The van der Waals surface area contributed by atoms with E-state index in [9.17, 15) is 0 Å². The van der Waals surface area contributed by atoms with Crippen LogP contribution in [0, 0.1) is 5.92 Å². The Hall–Kier alpha value is -0.120. The predicted octanol–water partition coefficient (Wildman–Crippen LogP) is 0.609. The molecule has 1 fully saturated rings. The van der Waals surface area contributed by atoms with Crippen molar-refractivity contribution in [2.24, 2.45) is 5.92 Å². The van der Waals surface area contributed by atoms with Gasteiger partial charge in [-0.2, -0.15) is 0 Å². The van der Waals surface area contributed by atoms with Gasteiger partial charge in [0.1, 0.15) is 0 Å². The van der Waals surface area contributed by atoms with Crippen LogP contribution in [-0.4, -0.2) is 38.4 Å². The molecule has 0 spiro atoms. The lowest BCUT2D eigenvalue weighted by Crippen LogP contribution is -2.52. The number of rotatable bonds is 6. The molecule has 0 aromatic heterocycles. The first-order valence-corrected chi connectivity index (χ1v) is 5.23. The van der Waals surface area contributed by atoms with Crippen LogP contribution in [0.15, 0.2) is 0 Å². The van der Waals surface area contributed by atoms with Crippen molar-refractivity contribution in [3.63, 3.8) is 0 Å². The van der Waals surface area contributed by atoms with Crippen LogP contribution < -0.4 is 10.6 Å². The molecule has 0 aromatic rings. The lowest BCUT2D eigenvalue weighted by atomic mass is 10.2. The molecule has 0 aliphatic carbocycles. The van der Waals surface area contributed by atoms with Crippen LogP contribution in [0.3, 0.4) is 0 Å². The molecule has 0 aromatic carbocycles. The van der Waals surface area contributed by atoms with Crippen LogP contribution in [0.4, 0.5) is 0 Å². The van der Waals surface area contributed by atoms with Crippen molar-refractivity contribution in [2.45, 2.75) is 32.9 Å². The summed E-state index contributed by atoms with van der Waals surface area (Å²) in [4.78, 5) is 0. The van der Waals surface area contributed by atoms with Crippen molar-refractivity contribution in [1.82, 2.24) is 10.6 Å². The Morgan fingerprint density at radius 1 is 1.23 bits per heavy atom. The summed E-state index contributed by atoms with van der Waals surface area (Å²) in [6.07, 6.45) is 0. The topological polar surface area (TPSA) is 33.3 Å². The van der Waals surface area contributed by atoms with Crippen molar-refractivity contribution >= 4 is 0 Å². The maximum atomic E-state index is 5.10. The van der Waals surface area contributed by atoms with Crippen LogP contribution in [0.5, 0.6) is 0 Å². The third-order valence-corrected chi connectivity index (χ3v) is 2.16. The van der Waals surface area contributed by atoms with E-state index in [0.717, 1.165) is 32.2 Å². The summed E-state index contributed by atoms with van der Waals surface area (Å²) in [6.45, 7) is 10.6. The molecule has 0 radical (unpaired) electrons. The number of hydrogen-bond acceptors (Lipinski definition) is 3. The second-order valence-corrected chi connectivity index (χ2v) is 4.35. The molecule has 0 saturated carbocycles. The van der Waals surface area contributed by atoms with E-state index in [1.54, 1.807) is 0 Å². The third-order valence-electron chi connectivity index (χ3n) is 2.16. The average Bonchev–Trinajstić information content (AvgIpc) is 1.96. The van der Waals surface area contributed by atoms with Gasteiger partial charge in [0.2, 0.25) is 0 Å². The minimum absolute atomic E-state index is 0.549. The summed E-state index contributed by atoms with van der Waals surface area (Å²) in [5.41, 5.74) is 0. The molecule has 0 bridgehead atoms. The van der Waals surface area contributed by atoms with Crippen molar-refractivity contribution in [1.29, 1.82) is 0 Å². The second kappa shape index (κ2) is 5.58. The van der Waals surface area contributed by atoms with Crippen molar-refractivity contribution in [3.05, 3.63) is 0 Å². The van der Waals surface area contributed by atoms with E-state index in [1.165, 1.54) is 0 Å². The molecule has 1 aliphatic rings. The largest absolute Gasteiger partial charge is 0.378 e. The summed E-state index contributed by atoms with van der Waals surface area (Å²) >= 11 is 0. The van der Waals surface area contributed by atoms with Crippen molar-refractivity contribution in [2.75, 3.05) is 26.3 Å². The van der Waals surface area contributed by atoms with Gasteiger partial charge in [0.25, 0.3) is 0 Å². The van der Waals surface area contributed by atoms with E-state index in [1.807, 2.05) is 0 Å². The standard InChI is InChI=1S/C10H22N2O/c1-8(2)4-11-5-9(3)12-10-6-13-7-10/h8-12H,4-7H2,1-3H3/t9-/m0/s1. The molecule has 1 saturated heterocycles. The molecule has 1 aliphatic heterocycles. The number of ether oxygens (including phenoxy) is 1. The SMILES string of the molecule is CC(C)CNC[C@H](C)NC1COC1. The lowest BCUT2D eigenvalue weighted by molar-refractivity contribution is -0.00906. The van der Waals surface area contributed by atoms with E-state index < -0.39 is 0 Å². The Labute approximate surface area is 81.2 Å². The molecule has 3 nitrogen and oxygen atoms in total. The molecule has 1 rings (SSSR count). The zero-order valence-corrected chi connectivity index (χ0v) is 8.97. The molecule has 78 valence electrons. The average molecular weight is 186 g/mol. The van der Waals surface area contributed by atoms with E-state index in [0.29, 0.717) is 12.1 Å². The third kappa shape index (κ3) is 4.60. The van der Waals surface area contributed by atoms with Gasteiger partial charge in [-0.3, -0.25) is 0 Å². The van der Waals surface area contributed by atoms with Gasteiger partial charge in [-0.05, 0) is 19.4 Å². The Morgan fingerprint density at radius 2 is 1.92 bits per heavy atom. The molecule has 1 heterocycles. The Balaban J connectivity index is 1.93. The fourth-order valence-corrected chi connectivity index (χ4v) is 1.38. The van der Waals surface area contributed by atoms with E-state index in [2.05, 4.69) is 31.4 Å². The number of nitrogens with one attached hydrogen (secondary N) is 2. The summed E-state index contributed by atoms with van der Waals surface area (Å²) in [5, 5.41) is 6.94. The molecular formula is C10H22N2O. The maximum absolute atomic E-state index is 5.10. The minimum Gasteiger partial charge on any atom is -0.378 e. The zero-order valence-electron chi connectivity index (χ0n) is 8.97. The first kappa shape index (κ1) is 11.0. The second-order valence-electron chi connectivity index (χ2n) is 4.35. The molecule has 13 heavy (non-hydrogen) atoms. The van der Waals surface area contributed by atoms with Gasteiger partial charge in [0.05, 0.1) is 19.3 Å². The minimum atomic E-state index is 0.549. The highest BCUT2D eigenvalue weighted by Crippen LogP contribution is 2.00. The normalized spacial score (nSPS) is 20.3. The van der Waals surface area contributed by atoms with Crippen LogP contribution in [0.2, 0.25) is 0 Å². The van der Waals surface area contributed by atoms with E-state index in [4.69, 9.17) is 4.74 Å². The predicted molar refractivity (Wildman–Crippen MR) is 54.9 cm³/mol. The highest BCUT2D eigenvalue weighted by Gasteiger charge is 2.19. The quantitative estimate of drug-likeness (QED) is 0.637. The summed E-state index contributed by atoms with van der Waals surface area (Å²) < 4.78 is 5.10. The highest BCUT2D eigenvalue weighted by molar-refractivity contribution is 4.77. The summed E-state index contributed by atoms with van der Waals surface area (Å²) in [7, 11) is 0. The molecule has 2 N–H and O–H groups in total. The van der Waals surface area contributed by atoms with Gasteiger partial charge in [-0.15, -0.1) is 0 Å². The monoisotopic (exact) mass is 186 g/mol.